The number of carbonyl (C=O) groups excluding carboxylic acids is 2. The van der Waals surface area contributed by atoms with Crippen molar-refractivity contribution in [3.8, 4) is 0 Å². The summed E-state index contributed by atoms with van der Waals surface area (Å²) in [6.07, 6.45) is 1.52. The standard InChI is InChI=1S/C17H17ClN4O3S/c1-10(2)22-15(24)9-26-13-7-19-21(17(25)16(13)22)8-14(23)20-12-6-4-3-5-11(12)18/h3-7,10H,8-9H2,1-2H3,(H,20,23). The first-order valence-corrected chi connectivity index (χ1v) is 9.34. The van der Waals surface area contributed by atoms with Gasteiger partial charge in [0.05, 0.1) is 27.6 Å². The molecule has 3 rings (SSSR count). The molecule has 1 aromatic carbocycles. The van der Waals surface area contributed by atoms with Gasteiger partial charge < -0.3 is 10.2 Å². The number of para-hydroxylation sites is 1. The molecule has 0 radical (unpaired) electrons. The van der Waals surface area contributed by atoms with Gasteiger partial charge in [-0.2, -0.15) is 5.10 Å². The summed E-state index contributed by atoms with van der Waals surface area (Å²) in [6.45, 7) is 3.40. The van der Waals surface area contributed by atoms with E-state index >= 15 is 0 Å². The Balaban J connectivity index is 1.88. The lowest BCUT2D eigenvalue weighted by atomic mass is 10.2. The number of hydrogen-bond acceptors (Lipinski definition) is 5. The van der Waals surface area contributed by atoms with E-state index < -0.39 is 11.5 Å². The first kappa shape index (κ1) is 18.5. The summed E-state index contributed by atoms with van der Waals surface area (Å²) in [4.78, 5) is 39.4. The fraction of sp³-hybridized carbons (Fsp3) is 0.294. The second kappa shape index (κ2) is 7.51. The molecule has 136 valence electrons. The monoisotopic (exact) mass is 392 g/mol. The predicted molar refractivity (Wildman–Crippen MR) is 102 cm³/mol. The number of nitrogens with zero attached hydrogens (tertiary/aromatic N) is 3. The maximum Gasteiger partial charge on any atom is 0.292 e. The molecule has 2 heterocycles. The van der Waals surface area contributed by atoms with Crippen molar-refractivity contribution in [3.63, 3.8) is 0 Å². The fourth-order valence-electron chi connectivity index (χ4n) is 2.67. The van der Waals surface area contributed by atoms with Crippen molar-refractivity contribution in [2.45, 2.75) is 31.3 Å². The summed E-state index contributed by atoms with van der Waals surface area (Å²) in [5.41, 5.74) is 0.271. The molecule has 2 amide bonds. The maximum absolute atomic E-state index is 12.8. The molecule has 1 aromatic heterocycles. The average molecular weight is 393 g/mol. The number of rotatable bonds is 4. The van der Waals surface area contributed by atoms with Crippen LogP contribution in [-0.2, 0) is 16.1 Å². The molecule has 1 N–H and O–H groups in total. The lowest BCUT2D eigenvalue weighted by Crippen LogP contribution is -2.45. The summed E-state index contributed by atoms with van der Waals surface area (Å²) in [6, 6.07) is 6.66. The molecule has 2 aromatic rings. The third-order valence-corrected chi connectivity index (χ3v) is 5.13. The van der Waals surface area contributed by atoms with Crippen LogP contribution >= 0.6 is 23.4 Å². The van der Waals surface area contributed by atoms with E-state index in [1.54, 1.807) is 24.3 Å². The Kier molecular flexibility index (Phi) is 5.33. The van der Waals surface area contributed by atoms with E-state index in [-0.39, 0.29) is 29.9 Å². The molecule has 26 heavy (non-hydrogen) atoms. The third kappa shape index (κ3) is 3.61. The number of amides is 2. The van der Waals surface area contributed by atoms with E-state index in [2.05, 4.69) is 10.4 Å². The SMILES string of the molecule is CC(C)N1C(=O)CSc2cnn(CC(=O)Nc3ccccc3Cl)c(=O)c21. The molecule has 0 saturated carbocycles. The molecular formula is C17H17ClN4O3S. The molecule has 1 aliphatic heterocycles. The number of thioether (sulfide) groups is 1. The van der Waals surface area contributed by atoms with Crippen molar-refractivity contribution in [2.24, 2.45) is 0 Å². The highest BCUT2D eigenvalue weighted by Gasteiger charge is 2.30. The van der Waals surface area contributed by atoms with Crippen molar-refractivity contribution in [3.05, 3.63) is 45.8 Å². The van der Waals surface area contributed by atoms with Crippen LogP contribution in [0.3, 0.4) is 0 Å². The lowest BCUT2D eigenvalue weighted by molar-refractivity contribution is -0.117. The topological polar surface area (TPSA) is 84.3 Å². The minimum Gasteiger partial charge on any atom is -0.323 e. The summed E-state index contributed by atoms with van der Waals surface area (Å²) in [5, 5.41) is 7.12. The molecule has 0 bridgehead atoms. The second-order valence-corrected chi connectivity index (χ2v) is 7.42. The minimum atomic E-state index is -0.467. The zero-order valence-electron chi connectivity index (χ0n) is 14.2. The van der Waals surface area contributed by atoms with Gasteiger partial charge in [0.1, 0.15) is 12.2 Å². The Bertz CT molecular complexity index is 928. The van der Waals surface area contributed by atoms with E-state index in [1.807, 2.05) is 13.8 Å². The van der Waals surface area contributed by atoms with Crippen molar-refractivity contribution in [2.75, 3.05) is 16.0 Å². The molecule has 0 aliphatic carbocycles. The van der Waals surface area contributed by atoms with Gasteiger partial charge >= 0.3 is 0 Å². The largest absolute Gasteiger partial charge is 0.323 e. The van der Waals surface area contributed by atoms with Gasteiger partial charge in [-0.1, -0.05) is 23.7 Å². The molecule has 0 atom stereocenters. The van der Waals surface area contributed by atoms with Crippen LogP contribution in [0.4, 0.5) is 11.4 Å². The van der Waals surface area contributed by atoms with E-state index in [4.69, 9.17) is 11.6 Å². The number of carbonyl (C=O) groups is 2. The third-order valence-electron chi connectivity index (χ3n) is 3.80. The number of nitrogens with one attached hydrogen (secondary N) is 1. The highest BCUT2D eigenvalue weighted by molar-refractivity contribution is 8.00. The summed E-state index contributed by atoms with van der Waals surface area (Å²) in [5.74, 6) is -0.296. The number of aromatic nitrogens is 2. The van der Waals surface area contributed by atoms with Crippen LogP contribution in [0.15, 0.2) is 40.2 Å². The van der Waals surface area contributed by atoms with Crippen molar-refractivity contribution in [1.29, 1.82) is 0 Å². The molecule has 0 fully saturated rings. The fourth-order valence-corrected chi connectivity index (χ4v) is 3.72. The number of hydrogen-bond donors (Lipinski definition) is 1. The smallest absolute Gasteiger partial charge is 0.292 e. The van der Waals surface area contributed by atoms with Gasteiger partial charge in [-0.25, -0.2) is 4.68 Å². The quantitative estimate of drug-likeness (QED) is 0.863. The lowest BCUT2D eigenvalue weighted by Gasteiger charge is -2.31. The van der Waals surface area contributed by atoms with Gasteiger partial charge in [-0.15, -0.1) is 11.8 Å². The van der Waals surface area contributed by atoms with Crippen molar-refractivity contribution in [1.82, 2.24) is 9.78 Å². The Morgan fingerprint density at radius 2 is 2.08 bits per heavy atom. The van der Waals surface area contributed by atoms with Crippen LogP contribution in [0.2, 0.25) is 5.02 Å². The van der Waals surface area contributed by atoms with Gasteiger partial charge in [0, 0.05) is 6.04 Å². The van der Waals surface area contributed by atoms with Crippen molar-refractivity contribution >= 4 is 46.6 Å². The molecule has 0 spiro atoms. The first-order chi connectivity index (χ1) is 12.4. The Morgan fingerprint density at radius 3 is 2.77 bits per heavy atom. The number of fused-ring (bicyclic) bond motifs is 1. The Labute approximate surface area is 159 Å². The predicted octanol–water partition coefficient (Wildman–Crippen LogP) is 2.38. The summed E-state index contributed by atoms with van der Waals surface area (Å²) in [7, 11) is 0. The highest BCUT2D eigenvalue weighted by Crippen LogP contribution is 2.32. The maximum atomic E-state index is 12.8. The zero-order valence-corrected chi connectivity index (χ0v) is 15.8. The van der Waals surface area contributed by atoms with Crippen LogP contribution in [0.1, 0.15) is 13.8 Å². The number of anilines is 2. The molecule has 0 saturated heterocycles. The van der Waals surface area contributed by atoms with Gasteiger partial charge in [0.15, 0.2) is 0 Å². The first-order valence-electron chi connectivity index (χ1n) is 7.98. The zero-order chi connectivity index (χ0) is 18.8. The summed E-state index contributed by atoms with van der Waals surface area (Å²) >= 11 is 7.30. The average Bonchev–Trinajstić information content (AvgIpc) is 2.59. The van der Waals surface area contributed by atoms with Crippen molar-refractivity contribution < 1.29 is 9.59 Å². The van der Waals surface area contributed by atoms with Gasteiger partial charge in [-0.05, 0) is 26.0 Å². The van der Waals surface area contributed by atoms with Crippen LogP contribution in [0.5, 0.6) is 0 Å². The van der Waals surface area contributed by atoms with Crippen LogP contribution in [-0.4, -0.2) is 33.4 Å². The molecule has 9 heteroatoms. The van der Waals surface area contributed by atoms with Gasteiger partial charge in [0.2, 0.25) is 11.8 Å². The molecule has 1 aliphatic rings. The van der Waals surface area contributed by atoms with Gasteiger partial charge in [0.25, 0.3) is 5.56 Å². The highest BCUT2D eigenvalue weighted by atomic mass is 35.5. The Morgan fingerprint density at radius 1 is 1.35 bits per heavy atom. The van der Waals surface area contributed by atoms with Gasteiger partial charge in [-0.3, -0.25) is 14.4 Å². The van der Waals surface area contributed by atoms with E-state index in [1.165, 1.54) is 22.9 Å². The number of halogens is 1. The summed E-state index contributed by atoms with van der Waals surface area (Å²) < 4.78 is 1.06. The van der Waals surface area contributed by atoms with E-state index in [9.17, 15) is 14.4 Å². The van der Waals surface area contributed by atoms with Crippen LogP contribution in [0.25, 0.3) is 0 Å². The normalized spacial score (nSPS) is 13.7. The Hall–Kier alpha value is -2.32. The van der Waals surface area contributed by atoms with Crippen LogP contribution in [0, 0.1) is 0 Å². The number of benzene rings is 1. The van der Waals surface area contributed by atoms with E-state index in [0.717, 1.165) is 4.68 Å². The second-order valence-electron chi connectivity index (χ2n) is 5.99. The van der Waals surface area contributed by atoms with E-state index in [0.29, 0.717) is 15.6 Å². The molecule has 7 nitrogen and oxygen atoms in total. The minimum absolute atomic E-state index is 0.132. The molecular weight excluding hydrogens is 376 g/mol. The van der Waals surface area contributed by atoms with Crippen LogP contribution < -0.4 is 15.8 Å². The molecule has 0 unspecified atom stereocenters.